The molecule has 190 valence electrons. The van der Waals surface area contributed by atoms with Crippen molar-refractivity contribution in [3.8, 4) is 5.75 Å². The first-order valence-electron chi connectivity index (χ1n) is 11.5. The van der Waals surface area contributed by atoms with Crippen molar-refractivity contribution in [3.63, 3.8) is 0 Å². The third kappa shape index (κ3) is 6.69. The standard InChI is InChI=1S/C22H29F3N7O3/c23-22(24,25)35-19-4-2-1-3-15(19)10-28-21-29-11-18(32(33)34)20(30-21)27-9-14-5-7-17(8-6-14)31-12-16(26)13-31/h1-4,11,14,16-17H,5-10,12-13,26H2,(H,33,34)(H2,27,28,29,30)/q+1/t14-,17-. The van der Waals surface area contributed by atoms with E-state index in [4.69, 9.17) is 5.73 Å². The van der Waals surface area contributed by atoms with Crippen LogP contribution in [-0.4, -0.2) is 63.1 Å². The van der Waals surface area contributed by atoms with Gasteiger partial charge in [-0.05, 0) is 37.7 Å². The fourth-order valence-electron chi connectivity index (χ4n) is 4.58. The smallest absolute Gasteiger partial charge is 0.405 e. The molecule has 1 aromatic heterocycles. The lowest BCUT2D eigenvalue weighted by molar-refractivity contribution is -0.729. The van der Waals surface area contributed by atoms with E-state index in [1.807, 2.05) is 0 Å². The SMILES string of the molecule is NC1CN([C@H]2CC[C@H](CNc3nc(NCc4ccccc4OC(F)(F)F)ncc3[N+](=O)O)CC2)C1. The summed E-state index contributed by atoms with van der Waals surface area (Å²) in [4.78, 5) is 21.9. The molecule has 4 rings (SSSR count). The van der Waals surface area contributed by atoms with Crippen molar-refractivity contribution in [2.45, 2.75) is 50.7 Å². The molecule has 1 aliphatic heterocycles. The number of halogens is 3. The molecule has 1 aliphatic carbocycles. The quantitative estimate of drug-likeness (QED) is 0.386. The van der Waals surface area contributed by atoms with E-state index in [9.17, 15) is 23.3 Å². The molecule has 2 aromatic rings. The summed E-state index contributed by atoms with van der Waals surface area (Å²) in [7, 11) is 0. The summed E-state index contributed by atoms with van der Waals surface area (Å²) >= 11 is 0. The Morgan fingerprint density at radius 2 is 1.89 bits per heavy atom. The molecule has 2 fully saturated rings. The van der Waals surface area contributed by atoms with Gasteiger partial charge in [0.05, 0.1) is 4.91 Å². The Labute approximate surface area is 200 Å². The number of nitrogens with two attached hydrogens (primary N) is 1. The maximum absolute atomic E-state index is 12.7. The lowest BCUT2D eigenvalue weighted by Gasteiger charge is -2.45. The molecular weight excluding hydrogens is 467 g/mol. The molecule has 0 amide bonds. The van der Waals surface area contributed by atoms with Crippen molar-refractivity contribution in [3.05, 3.63) is 40.9 Å². The minimum Gasteiger partial charge on any atom is -0.405 e. The Balaban J connectivity index is 1.35. The molecule has 2 heterocycles. The molecule has 2 aliphatic rings. The Kier molecular flexibility index (Phi) is 7.55. The van der Waals surface area contributed by atoms with Gasteiger partial charge in [-0.3, -0.25) is 4.90 Å². The van der Waals surface area contributed by atoms with E-state index < -0.39 is 6.36 Å². The van der Waals surface area contributed by atoms with Gasteiger partial charge in [0.25, 0.3) is 4.92 Å². The number of benzene rings is 1. The summed E-state index contributed by atoms with van der Waals surface area (Å²) in [6.07, 6.45) is 0.527. The highest BCUT2D eigenvalue weighted by molar-refractivity contribution is 5.56. The Hall–Kier alpha value is -3.19. The summed E-state index contributed by atoms with van der Waals surface area (Å²) < 4.78 is 42.0. The number of anilines is 2. The molecule has 1 saturated heterocycles. The van der Waals surface area contributed by atoms with E-state index >= 15 is 0 Å². The van der Waals surface area contributed by atoms with Gasteiger partial charge >= 0.3 is 12.0 Å². The molecular formula is C22H29F3N7O3+. The highest BCUT2D eigenvalue weighted by Gasteiger charge is 2.33. The number of hydrogen-bond donors (Lipinski definition) is 4. The molecule has 5 N–H and O–H groups in total. The highest BCUT2D eigenvalue weighted by Crippen LogP contribution is 2.31. The van der Waals surface area contributed by atoms with E-state index in [1.165, 1.54) is 18.2 Å². The lowest BCUT2D eigenvalue weighted by Crippen LogP contribution is -2.59. The van der Waals surface area contributed by atoms with E-state index in [-0.39, 0.29) is 46.3 Å². The molecule has 0 spiro atoms. The van der Waals surface area contributed by atoms with Crippen molar-refractivity contribution in [2.24, 2.45) is 11.7 Å². The van der Waals surface area contributed by atoms with Gasteiger partial charge in [-0.15, -0.1) is 13.2 Å². The van der Waals surface area contributed by atoms with Gasteiger partial charge < -0.3 is 21.1 Å². The molecule has 0 unspecified atom stereocenters. The van der Waals surface area contributed by atoms with Crippen molar-refractivity contribution in [2.75, 3.05) is 30.3 Å². The Morgan fingerprint density at radius 3 is 2.54 bits per heavy atom. The summed E-state index contributed by atoms with van der Waals surface area (Å²) in [5.41, 5.74) is 5.98. The zero-order valence-electron chi connectivity index (χ0n) is 19.0. The average Bonchev–Trinajstić information content (AvgIpc) is 2.79. The maximum atomic E-state index is 12.7. The lowest BCUT2D eigenvalue weighted by atomic mass is 9.84. The van der Waals surface area contributed by atoms with Crippen LogP contribution in [0.2, 0.25) is 0 Å². The zero-order valence-corrected chi connectivity index (χ0v) is 19.0. The Morgan fingerprint density at radius 1 is 1.17 bits per heavy atom. The summed E-state index contributed by atoms with van der Waals surface area (Å²) in [6.45, 7) is 2.42. The second kappa shape index (κ2) is 10.6. The second-order valence-corrected chi connectivity index (χ2v) is 8.98. The van der Waals surface area contributed by atoms with Crippen molar-refractivity contribution < 1.29 is 28.0 Å². The van der Waals surface area contributed by atoms with Gasteiger partial charge in [0, 0.05) is 43.8 Å². The molecule has 1 aromatic carbocycles. The fraction of sp³-hybridized carbons (Fsp3) is 0.545. The number of nitrogens with zero attached hydrogens (tertiary/aromatic N) is 4. The average molecular weight is 497 g/mol. The number of likely N-dealkylation sites (tertiary alicyclic amines) is 1. The normalized spacial score (nSPS) is 21.3. The minimum absolute atomic E-state index is 0.0462. The van der Waals surface area contributed by atoms with Crippen molar-refractivity contribution in [1.29, 1.82) is 0 Å². The first kappa shape index (κ1) is 24.9. The fourth-order valence-corrected chi connectivity index (χ4v) is 4.58. The number of para-hydroxylation sites is 1. The summed E-state index contributed by atoms with van der Waals surface area (Å²) in [6, 6.07) is 6.58. The van der Waals surface area contributed by atoms with Crippen LogP contribution in [0.3, 0.4) is 0 Å². The van der Waals surface area contributed by atoms with Crippen LogP contribution in [0.4, 0.5) is 30.6 Å². The van der Waals surface area contributed by atoms with Gasteiger partial charge in [-0.25, -0.2) is 10.2 Å². The number of nitrogens with one attached hydrogen (secondary N) is 2. The largest absolute Gasteiger partial charge is 0.573 e. The topological polar surface area (TPSA) is 129 Å². The predicted molar refractivity (Wildman–Crippen MR) is 121 cm³/mol. The van der Waals surface area contributed by atoms with Crippen LogP contribution in [0.1, 0.15) is 31.2 Å². The third-order valence-electron chi connectivity index (χ3n) is 6.44. The van der Waals surface area contributed by atoms with Gasteiger partial charge in [0.15, 0.2) is 0 Å². The van der Waals surface area contributed by atoms with Crippen molar-refractivity contribution >= 4 is 17.5 Å². The first-order chi connectivity index (χ1) is 16.7. The number of hydrogen-bond acceptors (Lipinski definition) is 8. The number of ether oxygens (including phenoxy) is 1. The molecule has 1 saturated carbocycles. The van der Waals surface area contributed by atoms with Crippen molar-refractivity contribution in [1.82, 2.24) is 14.9 Å². The molecule has 35 heavy (non-hydrogen) atoms. The number of rotatable bonds is 9. The highest BCUT2D eigenvalue weighted by atomic mass is 19.4. The van der Waals surface area contributed by atoms with Crippen LogP contribution in [0.25, 0.3) is 0 Å². The van der Waals surface area contributed by atoms with Gasteiger partial charge in [0.1, 0.15) is 11.9 Å². The van der Waals surface area contributed by atoms with E-state index in [2.05, 4.69) is 30.2 Å². The molecule has 13 heteroatoms. The predicted octanol–water partition coefficient (Wildman–Crippen LogP) is 3.40. The van der Waals surface area contributed by atoms with Crippen LogP contribution >= 0.6 is 0 Å². The molecule has 0 bridgehead atoms. The van der Waals surface area contributed by atoms with E-state index in [0.717, 1.165) is 45.0 Å². The maximum Gasteiger partial charge on any atom is 0.573 e. The number of alkyl halides is 3. The van der Waals surface area contributed by atoms with Crippen LogP contribution in [0.5, 0.6) is 5.75 Å². The van der Waals surface area contributed by atoms with E-state index in [0.29, 0.717) is 18.5 Å². The van der Waals surface area contributed by atoms with Crippen LogP contribution in [0, 0.1) is 10.8 Å². The van der Waals surface area contributed by atoms with Crippen LogP contribution in [0.15, 0.2) is 30.5 Å². The van der Waals surface area contributed by atoms with Crippen LogP contribution in [-0.2, 0) is 6.54 Å². The molecule has 10 nitrogen and oxygen atoms in total. The zero-order chi connectivity index (χ0) is 25.0. The van der Waals surface area contributed by atoms with E-state index in [1.54, 1.807) is 6.07 Å². The molecule has 0 atom stereocenters. The number of aromatic nitrogens is 2. The second-order valence-electron chi connectivity index (χ2n) is 8.98. The van der Waals surface area contributed by atoms with Gasteiger partial charge in [-0.2, -0.15) is 4.98 Å². The molecule has 0 radical (unpaired) electrons. The summed E-state index contributed by atoms with van der Waals surface area (Å²) in [5.74, 6) is 0.262. The first-order valence-corrected chi connectivity index (χ1v) is 11.5. The minimum atomic E-state index is -4.81. The van der Waals surface area contributed by atoms with Gasteiger partial charge in [0.2, 0.25) is 11.8 Å². The van der Waals surface area contributed by atoms with Crippen LogP contribution < -0.4 is 21.1 Å². The summed E-state index contributed by atoms with van der Waals surface area (Å²) in [5, 5.41) is 15.4. The monoisotopic (exact) mass is 496 g/mol. The third-order valence-corrected chi connectivity index (χ3v) is 6.44. The Bertz CT molecular complexity index is 1030. The van der Waals surface area contributed by atoms with Gasteiger partial charge in [-0.1, -0.05) is 18.2 Å².